The second-order valence-electron chi connectivity index (χ2n) is 13.6. The van der Waals surface area contributed by atoms with Gasteiger partial charge in [0.05, 0.1) is 6.42 Å². The van der Waals surface area contributed by atoms with Gasteiger partial charge in [-0.15, -0.1) is 0 Å². The maximum absolute atomic E-state index is 12.3. The Morgan fingerprint density at radius 3 is 1.36 bits per heavy atom. The van der Waals surface area contributed by atoms with E-state index in [4.69, 9.17) is 4.74 Å². The standard InChI is InChI=1S/C35H60O4/c1-8-9-10-11-12-13-14-15-16-17-18-19-20-21-22-23-31(36)39-32(37)25-24-28-26-29(34(2,3)4)33(38)30(27-28)35(5,6)7/h26-27,38H,8-25H2,1-7H3. The molecule has 0 atom stereocenters. The van der Waals surface area contributed by atoms with E-state index in [9.17, 15) is 14.7 Å². The third-order valence-corrected chi connectivity index (χ3v) is 7.62. The molecule has 1 N–H and O–H groups in total. The number of hydrogen-bond donors (Lipinski definition) is 1. The van der Waals surface area contributed by atoms with Crippen molar-refractivity contribution < 1.29 is 19.4 Å². The fourth-order valence-corrected chi connectivity index (χ4v) is 5.10. The number of hydrogen-bond acceptors (Lipinski definition) is 4. The molecule has 39 heavy (non-hydrogen) atoms. The molecule has 224 valence electrons. The largest absolute Gasteiger partial charge is 0.507 e. The third kappa shape index (κ3) is 15.5. The molecular weight excluding hydrogens is 484 g/mol. The summed E-state index contributed by atoms with van der Waals surface area (Å²) < 4.78 is 5.08. The molecule has 1 rings (SSSR count). The van der Waals surface area contributed by atoms with Crippen LogP contribution in [0.15, 0.2) is 12.1 Å². The second-order valence-corrected chi connectivity index (χ2v) is 13.6. The van der Waals surface area contributed by atoms with Crippen molar-refractivity contribution in [3.63, 3.8) is 0 Å². The van der Waals surface area contributed by atoms with E-state index in [-0.39, 0.29) is 17.3 Å². The van der Waals surface area contributed by atoms with Crippen LogP contribution in [0.1, 0.15) is 174 Å². The van der Waals surface area contributed by atoms with Crippen molar-refractivity contribution >= 4 is 11.9 Å². The quantitative estimate of drug-likeness (QED) is 0.107. The predicted molar refractivity (Wildman–Crippen MR) is 164 cm³/mol. The number of unbranched alkanes of at least 4 members (excludes halogenated alkanes) is 14. The van der Waals surface area contributed by atoms with Crippen LogP contribution in [0.4, 0.5) is 0 Å². The Morgan fingerprint density at radius 1 is 0.615 bits per heavy atom. The van der Waals surface area contributed by atoms with E-state index in [1.54, 1.807) is 0 Å². The number of carbonyl (C=O) groups is 2. The maximum atomic E-state index is 12.3. The zero-order valence-corrected chi connectivity index (χ0v) is 26.6. The highest BCUT2D eigenvalue weighted by Crippen LogP contribution is 2.40. The van der Waals surface area contributed by atoms with Crippen LogP contribution in [0.25, 0.3) is 0 Å². The van der Waals surface area contributed by atoms with E-state index in [2.05, 4.69) is 48.5 Å². The lowest BCUT2D eigenvalue weighted by atomic mass is 9.78. The molecule has 0 aliphatic carbocycles. The van der Waals surface area contributed by atoms with Crippen LogP contribution < -0.4 is 0 Å². The molecule has 0 fully saturated rings. The molecular formula is C35H60O4. The minimum Gasteiger partial charge on any atom is -0.507 e. The van der Waals surface area contributed by atoms with Crippen LogP contribution in [-0.4, -0.2) is 17.0 Å². The van der Waals surface area contributed by atoms with Gasteiger partial charge < -0.3 is 9.84 Å². The van der Waals surface area contributed by atoms with Gasteiger partial charge in [0, 0.05) is 6.42 Å². The van der Waals surface area contributed by atoms with Crippen molar-refractivity contribution in [2.75, 3.05) is 0 Å². The number of aromatic hydroxyl groups is 1. The van der Waals surface area contributed by atoms with Crippen molar-refractivity contribution in [3.05, 3.63) is 28.8 Å². The Balaban J connectivity index is 2.22. The fraction of sp³-hybridized carbons (Fsp3) is 0.771. The summed E-state index contributed by atoms with van der Waals surface area (Å²) >= 11 is 0. The molecule has 0 saturated carbocycles. The van der Waals surface area contributed by atoms with Gasteiger partial charge in [0.25, 0.3) is 0 Å². The molecule has 4 nitrogen and oxygen atoms in total. The van der Waals surface area contributed by atoms with Crippen LogP contribution >= 0.6 is 0 Å². The number of carbonyl (C=O) groups excluding carboxylic acids is 2. The van der Waals surface area contributed by atoms with Gasteiger partial charge >= 0.3 is 11.9 Å². The topological polar surface area (TPSA) is 63.6 Å². The number of phenolic OH excluding ortho intramolecular Hbond substituents is 1. The molecule has 0 unspecified atom stereocenters. The van der Waals surface area contributed by atoms with Gasteiger partial charge in [-0.2, -0.15) is 0 Å². The first-order valence-electron chi connectivity index (χ1n) is 16.0. The summed E-state index contributed by atoms with van der Waals surface area (Å²) in [6.45, 7) is 14.7. The van der Waals surface area contributed by atoms with Crippen LogP contribution in [0.2, 0.25) is 0 Å². The van der Waals surface area contributed by atoms with Crippen LogP contribution in [0.3, 0.4) is 0 Å². The SMILES string of the molecule is CCCCCCCCCCCCCCCCCC(=O)OC(=O)CCc1cc(C(C)(C)C)c(O)c(C(C)(C)C)c1. The second kappa shape index (κ2) is 18.5. The molecule has 0 spiro atoms. The Bertz CT molecular complexity index is 806. The van der Waals surface area contributed by atoms with Gasteiger partial charge in [-0.1, -0.05) is 150 Å². The molecule has 1 aromatic carbocycles. The van der Waals surface area contributed by atoms with E-state index in [0.717, 1.165) is 36.0 Å². The highest BCUT2D eigenvalue weighted by molar-refractivity contribution is 5.85. The zero-order valence-electron chi connectivity index (χ0n) is 26.6. The fourth-order valence-electron chi connectivity index (χ4n) is 5.10. The predicted octanol–water partition coefficient (Wildman–Crippen LogP) is 10.3. The van der Waals surface area contributed by atoms with Crippen molar-refractivity contribution in [2.24, 2.45) is 0 Å². The monoisotopic (exact) mass is 544 g/mol. The molecule has 0 bridgehead atoms. The summed E-state index contributed by atoms with van der Waals surface area (Å²) in [7, 11) is 0. The van der Waals surface area contributed by atoms with Crippen molar-refractivity contribution in [2.45, 2.75) is 175 Å². The molecule has 0 heterocycles. The van der Waals surface area contributed by atoms with Gasteiger partial charge in [0.1, 0.15) is 5.75 Å². The summed E-state index contributed by atoms with van der Waals surface area (Å²) in [6.07, 6.45) is 20.2. The average molecular weight is 545 g/mol. The average Bonchev–Trinajstić information content (AvgIpc) is 2.84. The smallest absolute Gasteiger partial charge is 0.313 e. The number of ether oxygens (including phenoxy) is 1. The summed E-state index contributed by atoms with van der Waals surface area (Å²) in [5, 5.41) is 10.9. The van der Waals surface area contributed by atoms with E-state index >= 15 is 0 Å². The summed E-state index contributed by atoms with van der Waals surface area (Å²) in [5.41, 5.74) is 2.30. The van der Waals surface area contributed by atoms with Crippen molar-refractivity contribution in [3.8, 4) is 5.75 Å². The number of aryl methyl sites for hydroxylation is 1. The van der Waals surface area contributed by atoms with Crippen LogP contribution in [0.5, 0.6) is 5.75 Å². The molecule has 0 radical (unpaired) electrons. The summed E-state index contributed by atoms with van der Waals surface area (Å²) in [5.74, 6) is -0.546. The Kier molecular flexibility index (Phi) is 16.7. The lowest BCUT2D eigenvalue weighted by Gasteiger charge is -2.28. The lowest BCUT2D eigenvalue weighted by molar-refractivity contribution is -0.159. The van der Waals surface area contributed by atoms with E-state index < -0.39 is 11.9 Å². The molecule has 0 aromatic heterocycles. The van der Waals surface area contributed by atoms with Gasteiger partial charge in [-0.05, 0) is 40.4 Å². The van der Waals surface area contributed by atoms with E-state index in [1.165, 1.54) is 77.0 Å². The van der Waals surface area contributed by atoms with Gasteiger partial charge in [-0.3, -0.25) is 9.59 Å². The van der Waals surface area contributed by atoms with Crippen molar-refractivity contribution in [1.82, 2.24) is 0 Å². The molecule has 0 aliphatic rings. The zero-order chi connectivity index (χ0) is 29.3. The first-order valence-corrected chi connectivity index (χ1v) is 16.0. The van der Waals surface area contributed by atoms with Crippen LogP contribution in [0, 0.1) is 0 Å². The number of benzene rings is 1. The molecule has 4 heteroatoms. The van der Waals surface area contributed by atoms with E-state index in [0.29, 0.717) is 18.6 Å². The van der Waals surface area contributed by atoms with Crippen molar-refractivity contribution in [1.29, 1.82) is 0 Å². The minimum absolute atomic E-state index is 0.155. The molecule has 0 amide bonds. The van der Waals surface area contributed by atoms with Crippen LogP contribution in [-0.2, 0) is 31.6 Å². The Labute approximate surface area is 240 Å². The molecule has 0 aliphatic heterocycles. The highest BCUT2D eigenvalue weighted by atomic mass is 16.6. The van der Waals surface area contributed by atoms with E-state index in [1.807, 2.05) is 12.1 Å². The summed E-state index contributed by atoms with van der Waals surface area (Å²) in [4.78, 5) is 24.5. The number of rotatable bonds is 19. The number of phenols is 1. The molecule has 1 aromatic rings. The van der Waals surface area contributed by atoms with Gasteiger partial charge in [0.2, 0.25) is 0 Å². The Morgan fingerprint density at radius 2 is 0.974 bits per heavy atom. The maximum Gasteiger partial charge on any atom is 0.313 e. The number of esters is 2. The summed E-state index contributed by atoms with van der Waals surface area (Å²) in [6, 6.07) is 3.96. The first kappa shape index (κ1) is 35.2. The normalized spacial score (nSPS) is 12.1. The Hall–Kier alpha value is -1.84. The molecule has 0 saturated heterocycles. The van der Waals surface area contributed by atoms with Gasteiger partial charge in [0.15, 0.2) is 0 Å². The minimum atomic E-state index is -0.469. The first-order chi connectivity index (χ1) is 18.4. The van der Waals surface area contributed by atoms with Gasteiger partial charge in [-0.25, -0.2) is 0 Å². The highest BCUT2D eigenvalue weighted by Gasteiger charge is 2.26. The third-order valence-electron chi connectivity index (χ3n) is 7.62. The lowest BCUT2D eigenvalue weighted by Crippen LogP contribution is -2.18.